The third-order valence-electron chi connectivity index (χ3n) is 10.3. The lowest BCUT2D eigenvalue weighted by atomic mass is 9.82. The van der Waals surface area contributed by atoms with Crippen molar-refractivity contribution in [2.24, 2.45) is 17.8 Å². The summed E-state index contributed by atoms with van der Waals surface area (Å²) in [5.41, 5.74) is 0.831. The molecule has 7 atom stereocenters. The average molecular weight is 695 g/mol. The van der Waals surface area contributed by atoms with Crippen LogP contribution in [0.25, 0.3) is 10.1 Å². The van der Waals surface area contributed by atoms with E-state index in [1.807, 2.05) is 30.3 Å². The highest BCUT2D eigenvalue weighted by molar-refractivity contribution is 7.51. The van der Waals surface area contributed by atoms with Gasteiger partial charge in [0.15, 0.2) is 0 Å². The van der Waals surface area contributed by atoms with Crippen LogP contribution in [-0.4, -0.2) is 68.5 Å². The number of nitrogens with one attached hydrogen (secondary N) is 1. The first-order chi connectivity index (χ1) is 22.8. The van der Waals surface area contributed by atoms with Crippen LogP contribution >= 0.6 is 18.9 Å². The number of hydrogen-bond donors (Lipinski definition) is 3. The van der Waals surface area contributed by atoms with Gasteiger partial charge in [-0.2, -0.15) is 5.26 Å². The van der Waals surface area contributed by atoms with Gasteiger partial charge in [0.2, 0.25) is 17.7 Å². The van der Waals surface area contributed by atoms with E-state index in [4.69, 9.17) is 0 Å². The molecule has 13 heteroatoms. The number of fused-ring (bicyclic) bond motifs is 2. The fraction of sp³-hybridized carbons (Fsp3) is 0.486. The van der Waals surface area contributed by atoms with E-state index in [0.29, 0.717) is 54.3 Å². The molecule has 0 spiro atoms. The fourth-order valence-electron chi connectivity index (χ4n) is 7.69. The molecule has 3 aliphatic rings. The predicted molar refractivity (Wildman–Crippen MR) is 180 cm³/mol. The van der Waals surface area contributed by atoms with Crippen LogP contribution in [0.15, 0.2) is 54.6 Å². The van der Waals surface area contributed by atoms with Crippen LogP contribution in [0.3, 0.4) is 0 Å². The SMILES string of the molecule is CC(C)[C@@H]1CCC(NC(=O)c2cc3cc(C(F)P(=O)(O)O)ccc3s2)C(=O)N2[C@H](CC[C@H]2C(=O)N2C[C@H](c3ccccc3)[C@@H](C#N)C2)C1. The van der Waals surface area contributed by atoms with Crippen molar-refractivity contribution in [1.29, 1.82) is 5.26 Å². The van der Waals surface area contributed by atoms with Crippen molar-refractivity contribution in [3.63, 3.8) is 0 Å². The zero-order valence-electron chi connectivity index (χ0n) is 26.9. The summed E-state index contributed by atoms with van der Waals surface area (Å²) in [6.45, 7) is 5.01. The number of nitriles is 1. The minimum absolute atomic E-state index is 0.109. The molecule has 2 aromatic carbocycles. The van der Waals surface area contributed by atoms with E-state index in [9.17, 15) is 38.4 Å². The number of benzene rings is 2. The van der Waals surface area contributed by atoms with E-state index in [0.717, 1.165) is 29.7 Å². The average Bonchev–Trinajstić information content (AvgIpc) is 3.80. The minimum atomic E-state index is -5.00. The normalized spacial score (nSPS) is 27.0. The van der Waals surface area contributed by atoms with Gasteiger partial charge in [-0.05, 0) is 78.7 Å². The van der Waals surface area contributed by atoms with Crippen molar-refractivity contribution < 1.29 is 33.1 Å². The molecule has 3 saturated heterocycles. The van der Waals surface area contributed by atoms with Crippen molar-refractivity contribution in [2.75, 3.05) is 13.1 Å². The number of amides is 3. The molecule has 1 aromatic heterocycles. The number of carbonyl (C=O) groups excluding carboxylic acids is 3. The van der Waals surface area contributed by atoms with Crippen molar-refractivity contribution in [3.05, 3.63) is 70.6 Å². The molecular formula is C35H40FN4O6PS. The maximum atomic E-state index is 14.4. The topological polar surface area (TPSA) is 151 Å². The monoisotopic (exact) mass is 694 g/mol. The second kappa shape index (κ2) is 13.7. The first-order valence-corrected chi connectivity index (χ1v) is 18.9. The van der Waals surface area contributed by atoms with E-state index < -0.39 is 31.5 Å². The molecule has 0 radical (unpaired) electrons. The number of thiophene rings is 1. The molecule has 3 amide bonds. The Bertz CT molecular complexity index is 1790. The van der Waals surface area contributed by atoms with Gasteiger partial charge in [0.05, 0.1) is 16.9 Å². The van der Waals surface area contributed by atoms with Crippen LogP contribution in [0, 0.1) is 29.1 Å². The zero-order valence-corrected chi connectivity index (χ0v) is 28.6. The highest BCUT2D eigenvalue weighted by Crippen LogP contribution is 2.53. The smallest absolute Gasteiger partial charge is 0.340 e. The Morgan fingerprint density at radius 2 is 1.81 bits per heavy atom. The molecule has 3 aromatic rings. The number of halogens is 1. The Morgan fingerprint density at radius 1 is 1.06 bits per heavy atom. The standard InChI is InChI=1S/C35H40FN4O6PS/c1-20(2)22-8-11-28(38-33(41)31-16-24-14-23(9-13-30(24)48-31)32(36)47(44,45)46)34(42)40-26(15-22)10-12-29(40)35(43)39-18-25(17-37)27(19-39)21-6-4-3-5-7-21/h3-7,9,13-14,16,20,22,25-29,32H,8,10-12,15,18-19H2,1-2H3,(H,38,41)(H2,44,45,46)/t22-,25+,26-,27-,28?,29+,32?/m1/s1. The summed E-state index contributed by atoms with van der Waals surface area (Å²) in [7, 11) is -5.00. The minimum Gasteiger partial charge on any atom is -0.340 e. The van der Waals surface area contributed by atoms with Crippen molar-refractivity contribution in [2.45, 2.75) is 75.9 Å². The molecule has 254 valence electrons. The summed E-state index contributed by atoms with van der Waals surface area (Å²) in [6.07, 6.45) is 3.14. The van der Waals surface area contributed by atoms with E-state index in [-0.39, 0.29) is 40.1 Å². The maximum absolute atomic E-state index is 14.4. The lowest BCUT2D eigenvalue weighted by molar-refractivity contribution is -0.147. The van der Waals surface area contributed by atoms with E-state index in [1.165, 1.54) is 24.3 Å². The van der Waals surface area contributed by atoms with E-state index in [2.05, 4.69) is 25.2 Å². The number of carbonyl (C=O) groups is 3. The van der Waals surface area contributed by atoms with Gasteiger partial charge in [-0.15, -0.1) is 11.3 Å². The second-order valence-electron chi connectivity index (χ2n) is 13.7. The Kier molecular flexibility index (Phi) is 9.78. The van der Waals surface area contributed by atoms with Gasteiger partial charge in [0, 0.05) is 29.7 Å². The van der Waals surface area contributed by atoms with Gasteiger partial charge in [-0.3, -0.25) is 18.9 Å². The largest absolute Gasteiger partial charge is 0.363 e. The van der Waals surface area contributed by atoms with Gasteiger partial charge in [-0.25, -0.2) is 4.39 Å². The van der Waals surface area contributed by atoms with Crippen molar-refractivity contribution in [1.82, 2.24) is 15.1 Å². The van der Waals surface area contributed by atoms with Crippen molar-refractivity contribution in [3.8, 4) is 6.07 Å². The highest BCUT2D eigenvalue weighted by Gasteiger charge is 2.48. The lowest BCUT2D eigenvalue weighted by Crippen LogP contribution is -2.57. The summed E-state index contributed by atoms with van der Waals surface area (Å²) in [5.74, 6) is -3.21. The fourth-order valence-corrected chi connectivity index (χ4v) is 9.19. The number of hydrogen-bond acceptors (Lipinski definition) is 6. The molecule has 3 N–H and O–H groups in total. The Hall–Kier alpha value is -3.62. The van der Waals surface area contributed by atoms with E-state index in [1.54, 1.807) is 9.80 Å². The number of nitrogens with zero attached hydrogens (tertiary/aromatic N) is 3. The van der Waals surface area contributed by atoms with E-state index >= 15 is 0 Å². The summed E-state index contributed by atoms with van der Waals surface area (Å²) in [4.78, 5) is 64.3. The van der Waals surface area contributed by atoms with Gasteiger partial charge in [-0.1, -0.05) is 50.2 Å². The third-order valence-corrected chi connectivity index (χ3v) is 12.4. The molecule has 2 unspecified atom stereocenters. The van der Waals surface area contributed by atoms with Crippen LogP contribution in [0.1, 0.15) is 78.6 Å². The van der Waals surface area contributed by atoms with Gasteiger partial charge in [0.1, 0.15) is 12.1 Å². The quantitative estimate of drug-likeness (QED) is 0.268. The lowest BCUT2D eigenvalue weighted by Gasteiger charge is -2.39. The summed E-state index contributed by atoms with van der Waals surface area (Å²) < 4.78 is 26.4. The Labute approximate surface area is 283 Å². The van der Waals surface area contributed by atoms with Crippen LogP contribution in [0.4, 0.5) is 4.39 Å². The second-order valence-corrected chi connectivity index (χ2v) is 16.4. The van der Waals surface area contributed by atoms with Crippen LogP contribution in [0.2, 0.25) is 0 Å². The Morgan fingerprint density at radius 3 is 2.50 bits per heavy atom. The van der Waals surface area contributed by atoms with Gasteiger partial charge < -0.3 is 24.9 Å². The highest BCUT2D eigenvalue weighted by atomic mass is 32.1. The summed E-state index contributed by atoms with van der Waals surface area (Å²) in [5, 5.41) is 13.3. The molecule has 0 saturated carbocycles. The molecular weight excluding hydrogens is 654 g/mol. The molecule has 0 bridgehead atoms. The molecule has 4 heterocycles. The molecule has 6 rings (SSSR count). The Balaban J connectivity index is 1.23. The molecule has 3 fully saturated rings. The molecule has 48 heavy (non-hydrogen) atoms. The van der Waals surface area contributed by atoms with Crippen LogP contribution in [0.5, 0.6) is 0 Å². The van der Waals surface area contributed by atoms with Crippen LogP contribution in [-0.2, 0) is 14.2 Å². The predicted octanol–water partition coefficient (Wildman–Crippen LogP) is 5.73. The number of rotatable bonds is 7. The van der Waals surface area contributed by atoms with Crippen LogP contribution < -0.4 is 5.32 Å². The molecule has 0 aliphatic carbocycles. The zero-order chi connectivity index (χ0) is 34.3. The first kappa shape index (κ1) is 34.3. The summed E-state index contributed by atoms with van der Waals surface area (Å²) >= 11 is 1.14. The van der Waals surface area contributed by atoms with Gasteiger partial charge >= 0.3 is 7.60 Å². The third kappa shape index (κ3) is 6.79. The molecule has 3 aliphatic heterocycles. The molecule has 10 nitrogen and oxygen atoms in total. The van der Waals surface area contributed by atoms with Crippen molar-refractivity contribution >= 4 is 46.7 Å². The number of alkyl halides is 1. The number of likely N-dealkylation sites (tertiary alicyclic amines) is 1. The van der Waals surface area contributed by atoms with Gasteiger partial charge in [0.25, 0.3) is 5.91 Å². The first-order valence-electron chi connectivity index (χ1n) is 16.4. The summed E-state index contributed by atoms with van der Waals surface area (Å²) in [6, 6.07) is 16.1. The maximum Gasteiger partial charge on any atom is 0.363 e.